The van der Waals surface area contributed by atoms with Crippen LogP contribution in [0.2, 0.25) is 0 Å². The molecule has 8 saturated carbocycles. The van der Waals surface area contributed by atoms with E-state index in [0.717, 1.165) is 42.4 Å². The van der Waals surface area contributed by atoms with Gasteiger partial charge in [-0.3, -0.25) is 0 Å². The molecule has 59 heavy (non-hydrogen) atoms. The zero-order valence-corrected chi connectivity index (χ0v) is 34.4. The average Bonchev–Trinajstić information content (AvgIpc) is 4.07. The number of hydrogen-bond donors (Lipinski definition) is 0. The third kappa shape index (κ3) is 6.21. The molecular weight excluding hydrogens is 787 g/mol. The van der Waals surface area contributed by atoms with Gasteiger partial charge in [0.05, 0.1) is 10.9 Å². The van der Waals surface area contributed by atoms with E-state index in [4.69, 9.17) is 9.47 Å². The molecule has 0 spiro atoms. The van der Waals surface area contributed by atoms with Gasteiger partial charge >= 0.3 is 12.7 Å². The summed E-state index contributed by atoms with van der Waals surface area (Å²) in [6, 6.07) is 18.9. The van der Waals surface area contributed by atoms with Gasteiger partial charge in [0.15, 0.2) is 37.7 Å². The Morgan fingerprint density at radius 3 is 1.34 bits per heavy atom. The lowest BCUT2D eigenvalue weighted by Gasteiger charge is -2.46. The van der Waals surface area contributed by atoms with Gasteiger partial charge in [0.2, 0.25) is 0 Å². The van der Waals surface area contributed by atoms with Crippen molar-refractivity contribution in [3.8, 4) is 23.0 Å². The van der Waals surface area contributed by atoms with Gasteiger partial charge in [-0.15, -0.1) is 26.3 Å². The van der Waals surface area contributed by atoms with Gasteiger partial charge in [0.25, 0.3) is 0 Å². The molecule has 0 saturated heterocycles. The van der Waals surface area contributed by atoms with Crippen LogP contribution in [0, 0.1) is 71.0 Å². The summed E-state index contributed by atoms with van der Waals surface area (Å²) >= 11 is 0. The van der Waals surface area contributed by atoms with E-state index in [1.165, 1.54) is 50.7 Å². The lowest BCUT2D eigenvalue weighted by atomic mass is 9.65. The number of ether oxygens (including phenoxy) is 4. The summed E-state index contributed by atoms with van der Waals surface area (Å²) in [5.41, 5.74) is -1.21. The molecule has 14 atom stereocenters. The van der Waals surface area contributed by atoms with Gasteiger partial charge in [-0.2, -0.15) is 0 Å². The molecule has 8 aliphatic carbocycles. The number of alkyl halides is 6. The molecule has 8 bridgehead atoms. The first-order chi connectivity index (χ1) is 28.3. The highest BCUT2D eigenvalue weighted by atomic mass is 32.2. The Kier molecular flexibility index (Phi) is 8.95. The van der Waals surface area contributed by atoms with Crippen molar-refractivity contribution in [3.63, 3.8) is 0 Å². The topological polar surface area (TPSA) is 36.9 Å². The Morgan fingerprint density at radius 2 is 0.932 bits per heavy atom. The summed E-state index contributed by atoms with van der Waals surface area (Å²) in [6.07, 6.45) is 2.83. The van der Waals surface area contributed by atoms with E-state index in [1.807, 2.05) is 30.3 Å². The standard InChI is InChI=1S/C48H53F6O4S/c1-3-45(24-30-20-35(45)43-28-12-10-26(18-28)41(30)43)55-39-22-33(14-16-37(39)57-47(49,50)51)59(32-8-6-5-7-9-32)34-15-17-38(58-48(52,53)54)40(23-34)56-46(4-2)25-31-21-36(46)44-29-13-11-27(19-29)42(31)44/h5-9,14-17,22-23,26-31,35-36,41-44H,3-4,10-13,18-21,24-25H2,1-2H3/q+1. The number of rotatable bonds is 11. The first kappa shape index (κ1) is 38.7. The van der Waals surface area contributed by atoms with Gasteiger partial charge < -0.3 is 18.9 Å². The summed E-state index contributed by atoms with van der Waals surface area (Å²) < 4.78 is 108. The van der Waals surface area contributed by atoms with Crippen LogP contribution in [0.4, 0.5) is 26.3 Å². The van der Waals surface area contributed by atoms with Crippen LogP contribution < -0.4 is 18.9 Å². The Morgan fingerprint density at radius 1 is 0.508 bits per heavy atom. The van der Waals surface area contributed by atoms with E-state index >= 15 is 0 Å². The number of benzene rings is 3. The highest BCUT2D eigenvalue weighted by molar-refractivity contribution is 7.97. The highest BCUT2D eigenvalue weighted by Crippen LogP contribution is 2.72. The predicted molar refractivity (Wildman–Crippen MR) is 210 cm³/mol. The number of halogens is 6. The largest absolute Gasteiger partial charge is 0.573 e. The zero-order chi connectivity index (χ0) is 40.6. The Hall–Kier alpha value is -3.21. The van der Waals surface area contributed by atoms with Crippen LogP contribution in [0.3, 0.4) is 0 Å². The second kappa shape index (κ2) is 13.6. The summed E-state index contributed by atoms with van der Waals surface area (Å²) in [5, 5.41) is 0. The summed E-state index contributed by atoms with van der Waals surface area (Å²) in [7, 11) is -0.984. The second-order valence-electron chi connectivity index (χ2n) is 19.6. The normalized spacial score (nSPS) is 40.1. The Labute approximate surface area is 345 Å². The van der Waals surface area contributed by atoms with Crippen molar-refractivity contribution in [2.75, 3.05) is 0 Å². The van der Waals surface area contributed by atoms with E-state index < -0.39 is 34.8 Å². The van der Waals surface area contributed by atoms with Crippen LogP contribution in [0.25, 0.3) is 0 Å². The van der Waals surface area contributed by atoms with Crippen molar-refractivity contribution < 1.29 is 45.3 Å². The van der Waals surface area contributed by atoms with Gasteiger partial charge in [-0.25, -0.2) is 0 Å². The summed E-state index contributed by atoms with van der Waals surface area (Å²) in [5.74, 6) is 6.30. The molecule has 0 aliphatic heterocycles. The van der Waals surface area contributed by atoms with Crippen molar-refractivity contribution in [2.24, 2.45) is 71.0 Å². The number of fused-ring (bicyclic) bond motifs is 18. The molecule has 8 fully saturated rings. The fourth-order valence-electron chi connectivity index (χ4n) is 15.8. The van der Waals surface area contributed by atoms with Crippen molar-refractivity contribution in [3.05, 3.63) is 66.7 Å². The Balaban J connectivity index is 0.984. The Bertz CT molecular complexity index is 1970. The smallest absolute Gasteiger partial charge is 0.483 e. The quantitative estimate of drug-likeness (QED) is 0.109. The molecule has 14 unspecified atom stereocenters. The van der Waals surface area contributed by atoms with Crippen LogP contribution >= 0.6 is 0 Å². The highest BCUT2D eigenvalue weighted by Gasteiger charge is 2.69. The summed E-state index contributed by atoms with van der Waals surface area (Å²) in [4.78, 5) is 2.18. The zero-order valence-electron chi connectivity index (χ0n) is 33.6. The number of hydrogen-bond acceptors (Lipinski definition) is 4. The second-order valence-corrected chi connectivity index (χ2v) is 21.6. The molecule has 0 amide bonds. The monoisotopic (exact) mass is 839 g/mol. The van der Waals surface area contributed by atoms with Crippen LogP contribution in [0.5, 0.6) is 23.0 Å². The fourth-order valence-corrected chi connectivity index (χ4v) is 17.9. The van der Waals surface area contributed by atoms with Crippen molar-refractivity contribution in [2.45, 2.75) is 130 Å². The van der Waals surface area contributed by atoms with Gasteiger partial charge in [0.1, 0.15) is 11.2 Å². The van der Waals surface area contributed by atoms with Crippen molar-refractivity contribution in [1.29, 1.82) is 0 Å². The van der Waals surface area contributed by atoms with Gasteiger partial charge in [-0.1, -0.05) is 32.0 Å². The molecule has 0 aromatic heterocycles. The van der Waals surface area contributed by atoms with E-state index in [1.54, 1.807) is 24.3 Å². The molecule has 0 N–H and O–H groups in total. The van der Waals surface area contributed by atoms with E-state index in [0.29, 0.717) is 70.0 Å². The van der Waals surface area contributed by atoms with Crippen LogP contribution in [0.1, 0.15) is 90.9 Å². The molecule has 8 aliphatic rings. The van der Waals surface area contributed by atoms with E-state index in [2.05, 4.69) is 23.3 Å². The fraction of sp³-hybridized carbons (Fsp3) is 0.625. The molecule has 0 radical (unpaired) electrons. The molecule has 0 heterocycles. The molecule has 11 heteroatoms. The molecular formula is C48H53F6O4S+. The van der Waals surface area contributed by atoms with Gasteiger partial charge in [0, 0.05) is 24.0 Å². The molecule has 11 rings (SSSR count). The van der Waals surface area contributed by atoms with Crippen LogP contribution in [0.15, 0.2) is 81.4 Å². The van der Waals surface area contributed by atoms with Crippen molar-refractivity contribution in [1.82, 2.24) is 0 Å². The minimum Gasteiger partial charge on any atom is -0.483 e. The SMILES string of the molecule is CCC1(Oc2cc([S+](c3ccccc3)c3ccc(OC(F)(F)F)c(OC4(CC)CC5CC4C4C6CCC(C6)C54)c3)ccc2OC(F)(F)F)CC2CC1C1C3CCC(C3)C21. The third-order valence-corrected chi connectivity index (χ3v) is 19.5. The first-order valence-corrected chi connectivity index (χ1v) is 23.4. The molecule has 3 aromatic rings. The molecule has 4 nitrogen and oxygen atoms in total. The average molecular weight is 840 g/mol. The first-order valence-electron chi connectivity index (χ1n) is 22.2. The van der Waals surface area contributed by atoms with Crippen LogP contribution in [-0.2, 0) is 10.9 Å². The summed E-state index contributed by atoms with van der Waals surface area (Å²) in [6.45, 7) is 4.18. The van der Waals surface area contributed by atoms with E-state index in [9.17, 15) is 26.3 Å². The third-order valence-electron chi connectivity index (χ3n) is 17.3. The van der Waals surface area contributed by atoms with Crippen LogP contribution in [-0.4, -0.2) is 23.9 Å². The predicted octanol–water partition coefficient (Wildman–Crippen LogP) is 13.0. The maximum absolute atomic E-state index is 14.0. The minimum atomic E-state index is -4.93. The molecule has 316 valence electrons. The maximum atomic E-state index is 14.0. The molecule has 3 aromatic carbocycles. The van der Waals surface area contributed by atoms with Crippen molar-refractivity contribution >= 4 is 10.9 Å². The van der Waals surface area contributed by atoms with Gasteiger partial charge in [-0.05, 0) is 173 Å². The lowest BCUT2D eigenvalue weighted by molar-refractivity contribution is -0.276. The lowest BCUT2D eigenvalue weighted by Crippen LogP contribution is -2.48. The van der Waals surface area contributed by atoms with E-state index in [-0.39, 0.29) is 34.8 Å². The maximum Gasteiger partial charge on any atom is 0.573 e. The minimum absolute atomic E-state index is 0.0585.